The molecule has 0 saturated heterocycles. The highest BCUT2D eigenvalue weighted by atomic mass is 79.9. The summed E-state index contributed by atoms with van der Waals surface area (Å²) in [5.74, 6) is 0.362. The molecule has 1 aromatic carbocycles. The van der Waals surface area contributed by atoms with Crippen LogP contribution in [0.1, 0.15) is 12.0 Å². The SMILES string of the molecule is COc1ccc(Br)cc1CC(=O)CCOCC(F)(F)F. The van der Waals surface area contributed by atoms with Gasteiger partial charge in [0.15, 0.2) is 0 Å². The molecule has 0 atom stereocenters. The third kappa shape index (κ3) is 6.38. The molecule has 0 heterocycles. The number of rotatable bonds is 7. The van der Waals surface area contributed by atoms with Gasteiger partial charge in [-0.2, -0.15) is 13.2 Å². The minimum atomic E-state index is -4.36. The van der Waals surface area contributed by atoms with Gasteiger partial charge < -0.3 is 9.47 Å². The standard InChI is InChI=1S/C13H14BrF3O3/c1-19-12-3-2-10(14)6-9(12)7-11(18)4-5-20-8-13(15,16)17/h2-3,6H,4-5,7-8H2,1H3. The Morgan fingerprint density at radius 3 is 2.65 bits per heavy atom. The highest BCUT2D eigenvalue weighted by Gasteiger charge is 2.27. The third-order valence-corrected chi connectivity index (χ3v) is 2.91. The molecule has 0 unspecified atom stereocenters. The number of alkyl halides is 3. The summed E-state index contributed by atoms with van der Waals surface area (Å²) in [6.07, 6.45) is -4.33. The molecule has 0 aliphatic heterocycles. The van der Waals surface area contributed by atoms with Gasteiger partial charge in [0.1, 0.15) is 18.1 Å². The number of halogens is 4. The highest BCUT2D eigenvalue weighted by Crippen LogP contribution is 2.23. The van der Waals surface area contributed by atoms with Gasteiger partial charge in [0.05, 0.1) is 13.7 Å². The molecule has 1 rings (SSSR count). The van der Waals surface area contributed by atoms with E-state index >= 15 is 0 Å². The number of benzene rings is 1. The van der Waals surface area contributed by atoms with Crippen LogP contribution in [0.4, 0.5) is 13.2 Å². The van der Waals surface area contributed by atoms with Crippen LogP contribution in [0, 0.1) is 0 Å². The maximum atomic E-state index is 11.8. The van der Waals surface area contributed by atoms with E-state index in [9.17, 15) is 18.0 Å². The minimum Gasteiger partial charge on any atom is -0.496 e. The van der Waals surface area contributed by atoms with Gasteiger partial charge in [0, 0.05) is 22.9 Å². The van der Waals surface area contributed by atoms with Crippen LogP contribution in [0.5, 0.6) is 5.75 Å². The monoisotopic (exact) mass is 354 g/mol. The van der Waals surface area contributed by atoms with Crippen LogP contribution in [0.3, 0.4) is 0 Å². The number of ketones is 1. The fraction of sp³-hybridized carbons (Fsp3) is 0.462. The van der Waals surface area contributed by atoms with E-state index in [2.05, 4.69) is 20.7 Å². The van der Waals surface area contributed by atoms with Crippen LogP contribution in [-0.2, 0) is 16.0 Å². The molecule has 3 nitrogen and oxygen atoms in total. The van der Waals surface area contributed by atoms with Crippen molar-refractivity contribution in [3.05, 3.63) is 28.2 Å². The topological polar surface area (TPSA) is 35.5 Å². The van der Waals surface area contributed by atoms with Crippen LogP contribution in [0.15, 0.2) is 22.7 Å². The van der Waals surface area contributed by atoms with E-state index in [0.29, 0.717) is 11.3 Å². The van der Waals surface area contributed by atoms with E-state index in [1.165, 1.54) is 7.11 Å². The molecule has 0 bridgehead atoms. The Bertz CT molecular complexity index is 461. The van der Waals surface area contributed by atoms with Crippen molar-refractivity contribution in [1.29, 1.82) is 0 Å². The molecule has 0 fully saturated rings. The fourth-order valence-electron chi connectivity index (χ4n) is 1.56. The highest BCUT2D eigenvalue weighted by molar-refractivity contribution is 9.10. The first-order valence-electron chi connectivity index (χ1n) is 5.80. The lowest BCUT2D eigenvalue weighted by Gasteiger charge is -2.09. The van der Waals surface area contributed by atoms with Gasteiger partial charge in [-0.1, -0.05) is 15.9 Å². The number of hydrogen-bond acceptors (Lipinski definition) is 3. The summed E-state index contributed by atoms with van der Waals surface area (Å²) < 4.78 is 45.8. The second kappa shape index (κ2) is 7.64. The Morgan fingerprint density at radius 1 is 1.35 bits per heavy atom. The summed E-state index contributed by atoms with van der Waals surface area (Å²) in [5.41, 5.74) is 0.683. The van der Waals surface area contributed by atoms with Gasteiger partial charge in [-0.05, 0) is 18.2 Å². The lowest BCUT2D eigenvalue weighted by atomic mass is 10.1. The molecule has 0 spiro atoms. The molecule has 1 aromatic rings. The molecule has 7 heteroatoms. The summed E-state index contributed by atoms with van der Waals surface area (Å²) in [7, 11) is 1.49. The second-order valence-corrected chi connectivity index (χ2v) is 5.01. The van der Waals surface area contributed by atoms with Crippen molar-refractivity contribution in [2.75, 3.05) is 20.3 Å². The Morgan fingerprint density at radius 2 is 2.05 bits per heavy atom. The van der Waals surface area contributed by atoms with Gasteiger partial charge in [-0.25, -0.2) is 0 Å². The number of carbonyl (C=O) groups is 1. The molecule has 0 amide bonds. The average molecular weight is 355 g/mol. The average Bonchev–Trinajstić information content (AvgIpc) is 2.34. The normalized spacial score (nSPS) is 11.4. The van der Waals surface area contributed by atoms with Crippen molar-refractivity contribution in [3.8, 4) is 5.75 Å². The van der Waals surface area contributed by atoms with Crippen LogP contribution >= 0.6 is 15.9 Å². The molecular formula is C13H14BrF3O3. The first-order chi connectivity index (χ1) is 9.31. The Kier molecular flexibility index (Phi) is 6.48. The van der Waals surface area contributed by atoms with Gasteiger partial charge >= 0.3 is 6.18 Å². The van der Waals surface area contributed by atoms with Crippen molar-refractivity contribution in [2.45, 2.75) is 19.0 Å². The first-order valence-corrected chi connectivity index (χ1v) is 6.60. The molecular weight excluding hydrogens is 341 g/mol. The van der Waals surface area contributed by atoms with Crippen LogP contribution < -0.4 is 4.74 Å². The minimum absolute atomic E-state index is 0.0637. The number of carbonyl (C=O) groups excluding carboxylic acids is 1. The zero-order chi connectivity index (χ0) is 15.2. The van der Waals surface area contributed by atoms with Crippen LogP contribution in [0.2, 0.25) is 0 Å². The smallest absolute Gasteiger partial charge is 0.411 e. The Balaban J connectivity index is 2.44. The van der Waals surface area contributed by atoms with Crippen molar-refractivity contribution < 1.29 is 27.4 Å². The van der Waals surface area contributed by atoms with Crippen molar-refractivity contribution in [3.63, 3.8) is 0 Å². The second-order valence-electron chi connectivity index (χ2n) is 4.09. The lowest BCUT2D eigenvalue weighted by molar-refractivity contribution is -0.174. The van der Waals surface area contributed by atoms with Gasteiger partial charge in [-0.3, -0.25) is 4.79 Å². The van der Waals surface area contributed by atoms with Gasteiger partial charge in [0.2, 0.25) is 0 Å². The zero-order valence-electron chi connectivity index (χ0n) is 10.8. The number of methoxy groups -OCH3 is 1. The summed E-state index contributed by atoms with van der Waals surface area (Å²) >= 11 is 3.28. The van der Waals surface area contributed by atoms with E-state index < -0.39 is 12.8 Å². The first kappa shape index (κ1) is 17.0. The van der Waals surface area contributed by atoms with Gasteiger partial charge in [-0.15, -0.1) is 0 Å². The summed E-state index contributed by atoms with van der Waals surface area (Å²) in [5, 5.41) is 0. The molecule has 0 saturated carbocycles. The van der Waals surface area contributed by atoms with Crippen molar-refractivity contribution in [2.24, 2.45) is 0 Å². The summed E-state index contributed by atoms with van der Waals surface area (Å²) in [4.78, 5) is 11.7. The van der Waals surface area contributed by atoms with E-state index in [4.69, 9.17) is 4.74 Å². The molecule has 0 aromatic heterocycles. The third-order valence-electron chi connectivity index (χ3n) is 2.42. The number of ether oxygens (including phenoxy) is 2. The summed E-state index contributed by atoms with van der Waals surface area (Å²) in [6, 6.07) is 5.24. The molecule has 0 aliphatic carbocycles. The number of Topliss-reactive ketones (excluding diaryl/α,β-unsaturated/α-hetero) is 1. The van der Waals surface area contributed by atoms with E-state index in [-0.39, 0.29) is 25.2 Å². The van der Waals surface area contributed by atoms with Gasteiger partial charge in [0.25, 0.3) is 0 Å². The fourth-order valence-corrected chi connectivity index (χ4v) is 1.97. The van der Waals surface area contributed by atoms with E-state index in [1.807, 2.05) is 0 Å². The molecule has 0 N–H and O–H groups in total. The maximum absolute atomic E-state index is 11.8. The zero-order valence-corrected chi connectivity index (χ0v) is 12.4. The maximum Gasteiger partial charge on any atom is 0.411 e. The largest absolute Gasteiger partial charge is 0.496 e. The Hall–Kier alpha value is -1.08. The van der Waals surface area contributed by atoms with Crippen LogP contribution in [-0.4, -0.2) is 32.3 Å². The van der Waals surface area contributed by atoms with E-state index in [1.54, 1.807) is 18.2 Å². The Labute approximate surface area is 123 Å². The van der Waals surface area contributed by atoms with E-state index in [0.717, 1.165) is 4.47 Å². The molecule has 0 aliphatic rings. The van der Waals surface area contributed by atoms with Crippen molar-refractivity contribution >= 4 is 21.7 Å². The predicted octanol–water partition coefficient (Wildman–Crippen LogP) is 3.54. The quantitative estimate of drug-likeness (QED) is 0.702. The number of hydrogen-bond donors (Lipinski definition) is 0. The summed E-state index contributed by atoms with van der Waals surface area (Å²) in [6.45, 7) is -1.57. The molecule has 20 heavy (non-hydrogen) atoms. The molecule has 112 valence electrons. The lowest BCUT2D eigenvalue weighted by Crippen LogP contribution is -2.18. The van der Waals surface area contributed by atoms with Crippen molar-refractivity contribution in [1.82, 2.24) is 0 Å². The predicted molar refractivity (Wildman–Crippen MR) is 70.9 cm³/mol. The molecule has 0 radical (unpaired) electrons. The van der Waals surface area contributed by atoms with Crippen LogP contribution in [0.25, 0.3) is 0 Å².